The van der Waals surface area contributed by atoms with Crippen molar-refractivity contribution < 1.29 is 0 Å². The first kappa shape index (κ1) is 12.3. The van der Waals surface area contributed by atoms with E-state index in [-0.39, 0.29) is 0 Å². The molecule has 1 aromatic rings. The number of hydrogen-bond donors (Lipinski definition) is 1. The second-order valence-electron chi connectivity index (χ2n) is 3.74. The molecule has 1 atom stereocenters. The van der Waals surface area contributed by atoms with Crippen LogP contribution in [0.2, 0.25) is 5.02 Å². The van der Waals surface area contributed by atoms with Crippen molar-refractivity contribution in [1.82, 2.24) is 5.32 Å². The van der Waals surface area contributed by atoms with E-state index in [9.17, 15) is 0 Å². The van der Waals surface area contributed by atoms with E-state index in [0.717, 1.165) is 17.3 Å². The molecule has 2 nitrogen and oxygen atoms in total. The van der Waals surface area contributed by atoms with Crippen LogP contribution in [0.5, 0.6) is 0 Å². The molecule has 0 radical (unpaired) electrons. The predicted octanol–water partition coefficient (Wildman–Crippen LogP) is 3.08. The highest BCUT2D eigenvalue weighted by Crippen LogP contribution is 2.28. The van der Waals surface area contributed by atoms with Gasteiger partial charge in [0.15, 0.2) is 0 Å². The molecule has 0 aliphatic rings. The maximum atomic E-state index is 6.23. The molecule has 0 saturated carbocycles. The molecule has 0 saturated heterocycles. The first-order valence-electron chi connectivity index (χ1n) is 5.28. The smallest absolute Gasteiger partial charge is 0.0642 e. The van der Waals surface area contributed by atoms with E-state index in [1.165, 1.54) is 5.56 Å². The summed E-state index contributed by atoms with van der Waals surface area (Å²) in [5.74, 6) is 0. The van der Waals surface area contributed by atoms with Gasteiger partial charge in [0.05, 0.1) is 10.7 Å². The summed E-state index contributed by atoms with van der Waals surface area (Å²) in [5, 5.41) is 4.02. The van der Waals surface area contributed by atoms with E-state index in [1.54, 1.807) is 0 Å². The van der Waals surface area contributed by atoms with Gasteiger partial charge in [-0.25, -0.2) is 0 Å². The van der Waals surface area contributed by atoms with Crippen molar-refractivity contribution in [2.75, 3.05) is 25.5 Å². The van der Waals surface area contributed by atoms with Gasteiger partial charge >= 0.3 is 0 Å². The Hall–Kier alpha value is -0.730. The quantitative estimate of drug-likeness (QED) is 0.849. The van der Waals surface area contributed by atoms with E-state index in [4.69, 9.17) is 11.6 Å². The number of hydrogen-bond acceptors (Lipinski definition) is 2. The second kappa shape index (κ2) is 5.38. The molecule has 1 unspecified atom stereocenters. The van der Waals surface area contributed by atoms with Crippen molar-refractivity contribution >= 4 is 17.3 Å². The lowest BCUT2D eigenvalue weighted by Crippen LogP contribution is -2.17. The molecule has 0 aromatic heterocycles. The van der Waals surface area contributed by atoms with Gasteiger partial charge < -0.3 is 10.2 Å². The molecule has 15 heavy (non-hydrogen) atoms. The Bertz CT molecular complexity index is 325. The second-order valence-corrected chi connectivity index (χ2v) is 4.14. The molecule has 3 heteroatoms. The predicted molar refractivity (Wildman–Crippen MR) is 67.9 cm³/mol. The van der Waals surface area contributed by atoms with Crippen molar-refractivity contribution in [3.63, 3.8) is 0 Å². The molecule has 1 rings (SSSR count). The van der Waals surface area contributed by atoms with Gasteiger partial charge in [-0.05, 0) is 38.6 Å². The van der Waals surface area contributed by atoms with E-state index in [2.05, 4.69) is 36.2 Å². The third-order valence-electron chi connectivity index (χ3n) is 2.79. The molecule has 0 fully saturated rings. The summed E-state index contributed by atoms with van der Waals surface area (Å²) in [4.78, 5) is 2.14. The lowest BCUT2D eigenvalue weighted by Gasteiger charge is -2.20. The molecule has 84 valence electrons. The zero-order valence-corrected chi connectivity index (χ0v) is 10.6. The van der Waals surface area contributed by atoms with Gasteiger partial charge in [-0.15, -0.1) is 0 Å². The Morgan fingerprint density at radius 1 is 1.47 bits per heavy atom. The third-order valence-corrected chi connectivity index (χ3v) is 3.09. The molecule has 0 aliphatic heterocycles. The van der Waals surface area contributed by atoms with Crippen molar-refractivity contribution in [2.45, 2.75) is 19.9 Å². The fraction of sp³-hybridized carbons (Fsp3) is 0.500. The van der Waals surface area contributed by atoms with Crippen molar-refractivity contribution in [3.8, 4) is 0 Å². The van der Waals surface area contributed by atoms with Gasteiger partial charge in [0.25, 0.3) is 0 Å². The van der Waals surface area contributed by atoms with E-state index in [0.29, 0.717) is 6.04 Å². The fourth-order valence-corrected chi connectivity index (χ4v) is 1.77. The summed E-state index contributed by atoms with van der Waals surface area (Å²) >= 11 is 6.23. The Kier molecular flexibility index (Phi) is 4.43. The molecule has 0 spiro atoms. The normalized spacial score (nSPS) is 12.6. The SMILES string of the molecule is CCN(C)c1ccc(C(C)NC)cc1Cl. The maximum absolute atomic E-state index is 6.23. The van der Waals surface area contributed by atoms with Crippen molar-refractivity contribution in [2.24, 2.45) is 0 Å². The summed E-state index contributed by atoms with van der Waals surface area (Å²) in [6, 6.07) is 6.57. The van der Waals surface area contributed by atoms with E-state index < -0.39 is 0 Å². The number of nitrogens with zero attached hydrogens (tertiary/aromatic N) is 1. The molecule has 1 N–H and O–H groups in total. The summed E-state index contributed by atoms with van der Waals surface area (Å²) in [6.45, 7) is 5.19. The molecule has 0 aliphatic carbocycles. The van der Waals surface area contributed by atoms with Crippen LogP contribution in [-0.2, 0) is 0 Å². The van der Waals surface area contributed by atoms with Crippen LogP contribution >= 0.6 is 11.6 Å². The summed E-state index contributed by atoms with van der Waals surface area (Å²) < 4.78 is 0. The van der Waals surface area contributed by atoms with Crippen LogP contribution in [0.1, 0.15) is 25.5 Å². The van der Waals surface area contributed by atoms with Gasteiger partial charge in [-0.2, -0.15) is 0 Å². The first-order chi connectivity index (χ1) is 7.10. The minimum atomic E-state index is 0.337. The van der Waals surface area contributed by atoms with Gasteiger partial charge in [0, 0.05) is 19.6 Å². The van der Waals surface area contributed by atoms with Crippen LogP contribution in [0, 0.1) is 0 Å². The number of nitrogens with one attached hydrogen (secondary N) is 1. The molecular formula is C12H19ClN2. The molecule has 1 aromatic carbocycles. The zero-order chi connectivity index (χ0) is 11.4. The minimum Gasteiger partial charge on any atom is -0.374 e. The molecule has 0 bridgehead atoms. The number of anilines is 1. The largest absolute Gasteiger partial charge is 0.374 e. The van der Waals surface area contributed by atoms with Gasteiger partial charge in [-0.1, -0.05) is 17.7 Å². The summed E-state index contributed by atoms with van der Waals surface area (Å²) in [6.07, 6.45) is 0. The number of benzene rings is 1. The Labute approximate surface area is 97.2 Å². The lowest BCUT2D eigenvalue weighted by atomic mass is 10.1. The van der Waals surface area contributed by atoms with Crippen LogP contribution in [0.4, 0.5) is 5.69 Å². The van der Waals surface area contributed by atoms with Crippen LogP contribution in [0.3, 0.4) is 0 Å². The molecular weight excluding hydrogens is 208 g/mol. The Morgan fingerprint density at radius 3 is 2.60 bits per heavy atom. The van der Waals surface area contributed by atoms with Gasteiger partial charge in [0.2, 0.25) is 0 Å². The summed E-state index contributed by atoms with van der Waals surface area (Å²) in [7, 11) is 3.99. The lowest BCUT2D eigenvalue weighted by molar-refractivity contribution is 0.652. The zero-order valence-electron chi connectivity index (χ0n) is 9.84. The monoisotopic (exact) mass is 226 g/mol. The third kappa shape index (κ3) is 2.86. The van der Waals surface area contributed by atoms with Crippen LogP contribution in [-0.4, -0.2) is 20.6 Å². The average Bonchev–Trinajstić information content (AvgIpc) is 2.26. The number of rotatable bonds is 4. The topological polar surface area (TPSA) is 15.3 Å². The van der Waals surface area contributed by atoms with E-state index in [1.807, 2.05) is 20.2 Å². The molecule has 0 heterocycles. The standard InChI is InChI=1S/C12H19ClN2/c1-5-15(4)12-7-6-10(8-11(12)13)9(2)14-3/h6-9,14H,5H2,1-4H3. The highest BCUT2D eigenvalue weighted by atomic mass is 35.5. The number of halogens is 1. The maximum Gasteiger partial charge on any atom is 0.0642 e. The van der Waals surface area contributed by atoms with E-state index >= 15 is 0 Å². The first-order valence-corrected chi connectivity index (χ1v) is 5.65. The van der Waals surface area contributed by atoms with Gasteiger partial charge in [-0.3, -0.25) is 0 Å². The highest BCUT2D eigenvalue weighted by molar-refractivity contribution is 6.33. The fourth-order valence-electron chi connectivity index (χ4n) is 1.44. The molecule has 0 amide bonds. The minimum absolute atomic E-state index is 0.337. The van der Waals surface area contributed by atoms with Crippen LogP contribution < -0.4 is 10.2 Å². The van der Waals surface area contributed by atoms with Crippen molar-refractivity contribution in [3.05, 3.63) is 28.8 Å². The van der Waals surface area contributed by atoms with Gasteiger partial charge in [0.1, 0.15) is 0 Å². The highest BCUT2D eigenvalue weighted by Gasteiger charge is 2.08. The van der Waals surface area contributed by atoms with Crippen LogP contribution in [0.15, 0.2) is 18.2 Å². The summed E-state index contributed by atoms with van der Waals surface area (Å²) in [5.41, 5.74) is 2.31. The Balaban J connectivity index is 2.97. The van der Waals surface area contributed by atoms with Crippen molar-refractivity contribution in [1.29, 1.82) is 0 Å². The Morgan fingerprint density at radius 2 is 2.13 bits per heavy atom. The van der Waals surface area contributed by atoms with Crippen LogP contribution in [0.25, 0.3) is 0 Å². The average molecular weight is 227 g/mol.